The molecule has 3 aromatic carbocycles. The van der Waals surface area contributed by atoms with Crippen LogP contribution in [0.25, 0.3) is 0 Å². The zero-order chi connectivity index (χ0) is 36.8. The van der Waals surface area contributed by atoms with Crippen LogP contribution in [0.15, 0.2) is 84.4 Å². The van der Waals surface area contributed by atoms with Crippen LogP contribution in [0, 0.1) is 5.82 Å². The number of ether oxygens (including phenoxy) is 2. The zero-order valence-corrected chi connectivity index (χ0v) is 30.0. The number of rotatable bonds is 16. The minimum Gasteiger partial charge on any atom is -0.458 e. The van der Waals surface area contributed by atoms with E-state index in [1.165, 1.54) is 31.5 Å². The first-order chi connectivity index (χ1) is 24.6. The van der Waals surface area contributed by atoms with E-state index in [9.17, 15) is 29.0 Å². The molecule has 1 aliphatic rings. The highest BCUT2D eigenvalue weighted by molar-refractivity contribution is 7.13. The fourth-order valence-electron chi connectivity index (χ4n) is 5.80. The van der Waals surface area contributed by atoms with Crippen LogP contribution in [0.4, 0.5) is 15.2 Å². The molecule has 2 atom stereocenters. The molecule has 1 saturated heterocycles. The van der Waals surface area contributed by atoms with Crippen molar-refractivity contribution in [1.82, 2.24) is 4.98 Å². The van der Waals surface area contributed by atoms with Crippen molar-refractivity contribution >= 4 is 40.0 Å². The molecule has 2 heterocycles. The standard InChI is InChI=1S/C28H33N3O5S.C11H13FO2/c1-20(34)36-28(18-32,19-33)13-12-22-4-8-23(9-5-22)25-17-26(35)31(25)24-10-6-21(7-11-24)3-2-14-29-27-30-15-16-37-27;1-3-11(14-8(2)13)9-4-6-10(12)7-5-9/h4-11,15-16,25,32-33H,2-3,12-14,17-19H2,1H3,(H,29,30);4-7,11H,3H2,1-2H3. The lowest BCUT2D eigenvalue weighted by Gasteiger charge is -2.41. The number of halogens is 1. The maximum atomic E-state index is 12.6. The van der Waals surface area contributed by atoms with Crippen molar-refractivity contribution in [2.45, 2.75) is 77.0 Å². The number of hydrogen-bond donors (Lipinski definition) is 3. The normalized spacial score (nSPS) is 14.5. The van der Waals surface area contributed by atoms with Gasteiger partial charge in [-0.15, -0.1) is 11.3 Å². The Balaban J connectivity index is 0.000000349. The van der Waals surface area contributed by atoms with Crippen molar-refractivity contribution in [3.05, 3.63) is 112 Å². The van der Waals surface area contributed by atoms with Crippen LogP contribution in [0.5, 0.6) is 0 Å². The van der Waals surface area contributed by atoms with Crippen LogP contribution in [0.3, 0.4) is 0 Å². The second kappa shape index (κ2) is 19.1. The quantitative estimate of drug-likeness (QED) is 0.0654. The summed E-state index contributed by atoms with van der Waals surface area (Å²) in [6, 6.07) is 22.2. The van der Waals surface area contributed by atoms with E-state index in [0.717, 1.165) is 46.9 Å². The molecule has 0 bridgehead atoms. The van der Waals surface area contributed by atoms with E-state index in [2.05, 4.69) is 22.4 Å². The molecule has 3 N–H and O–H groups in total. The fraction of sp³-hybridized carbons (Fsp3) is 0.385. The lowest BCUT2D eigenvalue weighted by atomic mass is 9.90. The number of amides is 1. The number of β-lactam (4-membered cyclic amide) rings is 1. The van der Waals surface area contributed by atoms with E-state index in [1.54, 1.807) is 29.7 Å². The van der Waals surface area contributed by atoms with Crippen molar-refractivity contribution in [2.24, 2.45) is 0 Å². The Morgan fingerprint density at radius 2 is 1.63 bits per heavy atom. The third kappa shape index (κ3) is 11.4. The number of nitrogens with zero attached hydrogens (tertiary/aromatic N) is 2. The first-order valence-corrected chi connectivity index (χ1v) is 17.9. The monoisotopic (exact) mass is 719 g/mol. The first kappa shape index (κ1) is 39.1. The van der Waals surface area contributed by atoms with E-state index in [4.69, 9.17) is 9.47 Å². The van der Waals surface area contributed by atoms with Gasteiger partial charge in [0.15, 0.2) is 10.7 Å². The molecule has 0 saturated carbocycles. The molecule has 1 amide bonds. The highest BCUT2D eigenvalue weighted by Gasteiger charge is 2.38. The molecule has 10 nitrogen and oxygen atoms in total. The molecule has 0 radical (unpaired) electrons. The van der Waals surface area contributed by atoms with E-state index in [0.29, 0.717) is 25.7 Å². The van der Waals surface area contributed by atoms with Gasteiger partial charge in [-0.05, 0) is 78.6 Å². The summed E-state index contributed by atoms with van der Waals surface area (Å²) in [7, 11) is 0. The summed E-state index contributed by atoms with van der Waals surface area (Å²) in [6.07, 6.45) is 5.45. The second-order valence-corrected chi connectivity index (χ2v) is 13.3. The van der Waals surface area contributed by atoms with Crippen LogP contribution in [0.1, 0.15) is 80.9 Å². The number of aliphatic hydroxyl groups is 2. The third-order valence-corrected chi connectivity index (χ3v) is 9.34. The van der Waals surface area contributed by atoms with Gasteiger partial charge in [-0.25, -0.2) is 9.37 Å². The SMILES string of the molecule is CC(=O)OC(CO)(CO)CCc1ccc(C2CC(=O)N2c2ccc(CCCNc3nccs3)cc2)cc1.CCC(OC(C)=O)c1ccc(F)cc1. The molecular formula is C39H46FN3O7S. The zero-order valence-electron chi connectivity index (χ0n) is 29.2. The molecule has 2 unspecified atom stereocenters. The largest absolute Gasteiger partial charge is 0.458 e. The number of carbonyl (C=O) groups is 3. The van der Waals surface area contributed by atoms with Crippen molar-refractivity contribution < 1.29 is 38.5 Å². The Kier molecular flexibility index (Phi) is 14.7. The number of hydrogen-bond acceptors (Lipinski definition) is 10. The summed E-state index contributed by atoms with van der Waals surface area (Å²) in [5, 5.41) is 25.5. The van der Waals surface area contributed by atoms with Gasteiger partial charge in [0.25, 0.3) is 0 Å². The summed E-state index contributed by atoms with van der Waals surface area (Å²) in [5.41, 5.74) is 3.71. The summed E-state index contributed by atoms with van der Waals surface area (Å²) in [6.45, 7) is 4.52. The van der Waals surface area contributed by atoms with E-state index < -0.39 is 24.8 Å². The van der Waals surface area contributed by atoms with Gasteiger partial charge in [-0.2, -0.15) is 0 Å². The van der Waals surface area contributed by atoms with Gasteiger partial charge >= 0.3 is 11.9 Å². The number of aryl methyl sites for hydroxylation is 2. The molecule has 1 aliphatic heterocycles. The number of thiazole rings is 1. The smallest absolute Gasteiger partial charge is 0.303 e. The molecule has 272 valence electrons. The van der Waals surface area contributed by atoms with Crippen LogP contribution in [-0.4, -0.2) is 58.4 Å². The number of benzene rings is 3. The average Bonchev–Trinajstić information content (AvgIpc) is 3.65. The van der Waals surface area contributed by atoms with Gasteiger partial charge in [0, 0.05) is 37.7 Å². The number of aliphatic hydroxyl groups excluding tert-OH is 2. The Morgan fingerprint density at radius 3 is 2.18 bits per heavy atom. The molecule has 5 rings (SSSR count). The molecular weight excluding hydrogens is 674 g/mol. The number of carbonyl (C=O) groups excluding carboxylic acids is 3. The minimum absolute atomic E-state index is 0.00934. The minimum atomic E-state index is -1.29. The van der Waals surface area contributed by atoms with Crippen LogP contribution in [-0.2, 0) is 36.7 Å². The summed E-state index contributed by atoms with van der Waals surface area (Å²) in [4.78, 5) is 40.7. The average molecular weight is 720 g/mol. The van der Waals surface area contributed by atoms with Crippen LogP contribution >= 0.6 is 11.3 Å². The van der Waals surface area contributed by atoms with Gasteiger partial charge in [-0.3, -0.25) is 14.4 Å². The Bertz CT molecular complexity index is 1680. The molecule has 0 aliphatic carbocycles. The summed E-state index contributed by atoms with van der Waals surface area (Å²) < 4.78 is 22.9. The lowest BCUT2D eigenvalue weighted by Crippen LogP contribution is -2.46. The molecule has 51 heavy (non-hydrogen) atoms. The highest BCUT2D eigenvalue weighted by Crippen LogP contribution is 2.39. The van der Waals surface area contributed by atoms with Crippen molar-refractivity contribution in [3.63, 3.8) is 0 Å². The number of nitrogens with one attached hydrogen (secondary N) is 1. The van der Waals surface area contributed by atoms with Gasteiger partial charge in [0.05, 0.1) is 25.7 Å². The van der Waals surface area contributed by atoms with Crippen LogP contribution in [0.2, 0.25) is 0 Å². The van der Waals surface area contributed by atoms with Crippen LogP contribution < -0.4 is 10.2 Å². The Hall–Kier alpha value is -4.65. The first-order valence-electron chi connectivity index (χ1n) is 17.0. The summed E-state index contributed by atoms with van der Waals surface area (Å²) in [5.74, 6) is -1.04. The van der Waals surface area contributed by atoms with Crippen molar-refractivity contribution in [1.29, 1.82) is 0 Å². The molecule has 12 heteroatoms. The summed E-state index contributed by atoms with van der Waals surface area (Å²) >= 11 is 1.60. The van der Waals surface area contributed by atoms with E-state index >= 15 is 0 Å². The Morgan fingerprint density at radius 1 is 0.980 bits per heavy atom. The second-order valence-electron chi connectivity index (χ2n) is 12.4. The van der Waals surface area contributed by atoms with E-state index in [-0.39, 0.29) is 29.8 Å². The number of esters is 2. The van der Waals surface area contributed by atoms with Gasteiger partial charge in [0.1, 0.15) is 11.9 Å². The van der Waals surface area contributed by atoms with Crippen molar-refractivity contribution in [2.75, 3.05) is 30.0 Å². The third-order valence-electron chi connectivity index (χ3n) is 8.60. The maximum Gasteiger partial charge on any atom is 0.303 e. The molecule has 4 aromatic rings. The maximum absolute atomic E-state index is 12.6. The lowest BCUT2D eigenvalue weighted by molar-refractivity contribution is -0.168. The van der Waals surface area contributed by atoms with Gasteiger partial charge < -0.3 is 29.9 Å². The predicted molar refractivity (Wildman–Crippen MR) is 195 cm³/mol. The molecule has 1 fully saturated rings. The number of anilines is 2. The fourth-order valence-corrected chi connectivity index (χ4v) is 6.36. The van der Waals surface area contributed by atoms with Gasteiger partial charge in [0.2, 0.25) is 5.91 Å². The van der Waals surface area contributed by atoms with E-state index in [1.807, 2.05) is 53.6 Å². The number of aromatic nitrogens is 1. The van der Waals surface area contributed by atoms with Crippen molar-refractivity contribution in [3.8, 4) is 0 Å². The highest BCUT2D eigenvalue weighted by atomic mass is 32.1. The molecule has 1 aromatic heterocycles. The van der Waals surface area contributed by atoms with Gasteiger partial charge in [-0.1, -0.05) is 55.5 Å². The Labute approximate surface area is 302 Å². The predicted octanol–water partition coefficient (Wildman–Crippen LogP) is 6.72. The molecule has 0 spiro atoms. The topological polar surface area (TPSA) is 138 Å².